The molecule has 1 N–H and O–H groups in total. The summed E-state index contributed by atoms with van der Waals surface area (Å²) in [5.41, 5.74) is 0. The summed E-state index contributed by atoms with van der Waals surface area (Å²) >= 11 is -0.466. The Balaban J connectivity index is -0.0000000200. The first kappa shape index (κ1) is 15.7. The molecule has 0 fully saturated rings. The second kappa shape index (κ2) is 15.8. The molecule has 0 bridgehead atoms. The number of hydrogen-bond donors (Lipinski definition) is 0. The molecule has 5 heavy (non-hydrogen) atoms. The smallest absolute Gasteiger partial charge is 0.870 e. The van der Waals surface area contributed by atoms with Gasteiger partial charge in [-0.2, -0.15) is 0 Å². The first-order valence-electron chi connectivity index (χ1n) is 0.286. The van der Waals surface area contributed by atoms with Gasteiger partial charge in [-0.15, -0.1) is 0 Å². The minimum absolute atomic E-state index is 0. The molecule has 0 rings (SSSR count). The fourth-order valence-corrected chi connectivity index (χ4v) is 0. The Labute approximate surface area is 91.2 Å². The van der Waals surface area contributed by atoms with Crippen LogP contribution in [0.4, 0.5) is 0 Å². The SMILES string of the molecule is Cl[I-]Cl.[K+].[OH-]. The molecule has 0 heterocycles. The van der Waals surface area contributed by atoms with Crippen LogP contribution in [0.3, 0.4) is 0 Å². The van der Waals surface area contributed by atoms with Crippen molar-refractivity contribution in [2.45, 2.75) is 0 Å². The Morgan fingerprint density at radius 1 is 1.20 bits per heavy atom. The van der Waals surface area contributed by atoms with E-state index in [1.54, 1.807) is 0 Å². The van der Waals surface area contributed by atoms with Crippen LogP contribution < -0.4 is 70.3 Å². The summed E-state index contributed by atoms with van der Waals surface area (Å²) in [4.78, 5) is 0. The quantitative estimate of drug-likeness (QED) is 0.315. The molecule has 0 aliphatic heterocycles. The summed E-state index contributed by atoms with van der Waals surface area (Å²) in [6, 6.07) is 0. The number of halogens is 3. The van der Waals surface area contributed by atoms with Crippen LogP contribution in [-0.2, 0) is 0 Å². The van der Waals surface area contributed by atoms with Gasteiger partial charge in [-0.1, -0.05) is 0 Å². The van der Waals surface area contributed by atoms with E-state index in [0.717, 1.165) is 0 Å². The Kier molecular flexibility index (Phi) is 49.5. The van der Waals surface area contributed by atoms with Gasteiger partial charge >= 0.3 is 88.2 Å². The van der Waals surface area contributed by atoms with E-state index in [9.17, 15) is 0 Å². The average molecular weight is 254 g/mol. The number of hydrogen-bond acceptors (Lipinski definition) is 1. The molecule has 5 heteroatoms. The summed E-state index contributed by atoms with van der Waals surface area (Å²) in [6.07, 6.45) is 0. The summed E-state index contributed by atoms with van der Waals surface area (Å²) in [5, 5.41) is 0. The standard InChI is InChI=1S/Cl2I.K.H2O/c1-3-2;;/h;;1H2/q-1;+1;/p-1. The monoisotopic (exact) mass is 253 g/mol. The van der Waals surface area contributed by atoms with Crippen LogP contribution in [0.15, 0.2) is 0 Å². The van der Waals surface area contributed by atoms with Crippen LogP contribution in [0.25, 0.3) is 0 Å². The zero-order chi connectivity index (χ0) is 2.71. The Hall–Kier alpha value is 2.91. The molecular formula is HCl2IKO-. The van der Waals surface area contributed by atoms with Crippen molar-refractivity contribution in [2.75, 3.05) is 0 Å². The molecule has 0 saturated heterocycles. The topological polar surface area (TPSA) is 30.0 Å². The second-order valence-corrected chi connectivity index (χ2v) is 3.26. The molecule has 1 nitrogen and oxygen atoms in total. The van der Waals surface area contributed by atoms with Crippen molar-refractivity contribution in [2.24, 2.45) is 0 Å². The maximum absolute atomic E-state index is 4.87. The van der Waals surface area contributed by atoms with Gasteiger partial charge in [0.2, 0.25) is 0 Å². The van der Waals surface area contributed by atoms with Gasteiger partial charge < -0.3 is 5.48 Å². The van der Waals surface area contributed by atoms with Crippen LogP contribution >= 0.6 is 17.8 Å². The Morgan fingerprint density at radius 2 is 1.20 bits per heavy atom. The van der Waals surface area contributed by atoms with Crippen molar-refractivity contribution in [3.05, 3.63) is 0 Å². The molecular weight excluding hydrogens is 253 g/mol. The van der Waals surface area contributed by atoms with Gasteiger partial charge in [0.25, 0.3) is 0 Å². The van der Waals surface area contributed by atoms with Crippen molar-refractivity contribution < 1.29 is 75.8 Å². The van der Waals surface area contributed by atoms with Gasteiger partial charge in [-0.25, -0.2) is 0 Å². The molecule has 0 aromatic rings. The molecule has 0 saturated carbocycles. The Morgan fingerprint density at radius 3 is 1.20 bits per heavy atom. The predicted molar refractivity (Wildman–Crippen MR) is 13.6 cm³/mol. The van der Waals surface area contributed by atoms with Crippen molar-refractivity contribution >= 4 is 17.8 Å². The van der Waals surface area contributed by atoms with Gasteiger partial charge in [0.15, 0.2) is 0 Å². The average Bonchev–Trinajstić information content (AvgIpc) is 0.918. The third kappa shape index (κ3) is 19.7. The fraction of sp³-hybridized carbons (Fsp3) is 0. The minimum Gasteiger partial charge on any atom is -0.870 e. The third-order valence-electron chi connectivity index (χ3n) is 0. The van der Waals surface area contributed by atoms with Crippen LogP contribution in [0.5, 0.6) is 0 Å². The van der Waals surface area contributed by atoms with Crippen LogP contribution in [0.2, 0.25) is 0 Å². The van der Waals surface area contributed by atoms with E-state index in [1.165, 1.54) is 0 Å². The second-order valence-electron chi connectivity index (χ2n) is 0.0540. The summed E-state index contributed by atoms with van der Waals surface area (Å²) < 4.78 is 0. The van der Waals surface area contributed by atoms with Crippen molar-refractivity contribution in [3.8, 4) is 0 Å². The Bertz CT molecular complexity index is 9.61. The van der Waals surface area contributed by atoms with E-state index < -0.39 is 18.9 Å². The maximum atomic E-state index is 4.87. The first-order chi connectivity index (χ1) is 1.41. The maximum Gasteiger partial charge on any atom is 1.00 e. The van der Waals surface area contributed by atoms with Crippen molar-refractivity contribution in [1.82, 2.24) is 0 Å². The van der Waals surface area contributed by atoms with E-state index >= 15 is 0 Å². The number of rotatable bonds is 0. The molecule has 0 radical (unpaired) electrons. The van der Waals surface area contributed by atoms with E-state index in [4.69, 9.17) is 17.8 Å². The molecule has 0 aromatic heterocycles. The molecule has 0 atom stereocenters. The van der Waals surface area contributed by atoms with Crippen LogP contribution in [0.1, 0.15) is 0 Å². The van der Waals surface area contributed by atoms with Gasteiger partial charge in [-0.3, -0.25) is 0 Å². The molecule has 0 unspecified atom stereocenters. The summed E-state index contributed by atoms with van der Waals surface area (Å²) in [5.74, 6) is 0. The fourth-order valence-electron chi connectivity index (χ4n) is 0. The van der Waals surface area contributed by atoms with Gasteiger partial charge in [-0.05, 0) is 0 Å². The van der Waals surface area contributed by atoms with Gasteiger partial charge in [0, 0.05) is 0 Å². The van der Waals surface area contributed by atoms with E-state index in [1.807, 2.05) is 0 Å². The van der Waals surface area contributed by atoms with E-state index in [-0.39, 0.29) is 56.9 Å². The normalized spacial score (nSPS) is 4.40. The third-order valence-corrected chi connectivity index (χ3v) is 0. The van der Waals surface area contributed by atoms with Crippen LogP contribution in [-0.4, -0.2) is 5.48 Å². The van der Waals surface area contributed by atoms with Gasteiger partial charge in [0.05, 0.1) is 0 Å². The minimum atomic E-state index is -0.466. The molecule has 0 aliphatic carbocycles. The molecule has 0 amide bonds. The van der Waals surface area contributed by atoms with Crippen molar-refractivity contribution in [1.29, 1.82) is 0 Å². The zero-order valence-electron chi connectivity index (χ0n) is 2.58. The summed E-state index contributed by atoms with van der Waals surface area (Å²) in [7, 11) is 9.75. The van der Waals surface area contributed by atoms with E-state index in [2.05, 4.69) is 0 Å². The van der Waals surface area contributed by atoms with E-state index in [0.29, 0.717) is 0 Å². The first-order valence-corrected chi connectivity index (χ1v) is 5.75. The molecule has 0 spiro atoms. The van der Waals surface area contributed by atoms with Crippen molar-refractivity contribution in [3.63, 3.8) is 0 Å². The molecule has 30 valence electrons. The largest absolute Gasteiger partial charge is 1.00 e. The summed E-state index contributed by atoms with van der Waals surface area (Å²) in [6.45, 7) is 0. The van der Waals surface area contributed by atoms with Gasteiger partial charge in [0.1, 0.15) is 0 Å². The predicted octanol–water partition coefficient (Wildman–Crippen LogP) is -4.79. The molecule has 0 aliphatic rings. The zero-order valence-corrected chi connectivity index (χ0v) is 9.37. The van der Waals surface area contributed by atoms with Crippen LogP contribution in [0, 0.1) is 0 Å². The molecule has 0 aromatic carbocycles.